The van der Waals surface area contributed by atoms with Crippen molar-refractivity contribution in [3.63, 3.8) is 0 Å². The zero-order valence-electron chi connectivity index (χ0n) is 19.3. The third-order valence-electron chi connectivity index (χ3n) is 5.74. The van der Waals surface area contributed by atoms with Crippen molar-refractivity contribution in [2.24, 2.45) is 0 Å². The van der Waals surface area contributed by atoms with Crippen LogP contribution in [0, 0.1) is 15.9 Å². The van der Waals surface area contributed by atoms with E-state index in [-0.39, 0.29) is 24.2 Å². The maximum atomic E-state index is 13.5. The van der Waals surface area contributed by atoms with Crippen molar-refractivity contribution in [1.82, 2.24) is 4.90 Å². The first-order valence-corrected chi connectivity index (χ1v) is 11.2. The first-order chi connectivity index (χ1) is 17.3. The van der Waals surface area contributed by atoms with Crippen LogP contribution in [0.2, 0.25) is 0 Å². The van der Waals surface area contributed by atoms with E-state index in [0.717, 1.165) is 11.0 Å². The standard InChI is InChI=1S/C26H22FN3O6/c1-2-36-22-12-10-20(11-13-22)29-24(31)15-23(26(29)33)28(16-17-6-8-19(27)9-7-17)25(32)18-4-3-5-21(14-18)30(34)35/h3-14,23H,2,15-16H2,1H3. The zero-order valence-corrected chi connectivity index (χ0v) is 19.3. The third kappa shape index (κ3) is 5.07. The minimum absolute atomic E-state index is 0.00826. The number of carbonyl (C=O) groups excluding carboxylic acids is 3. The number of halogens is 1. The molecule has 0 aliphatic carbocycles. The summed E-state index contributed by atoms with van der Waals surface area (Å²) >= 11 is 0. The van der Waals surface area contributed by atoms with Gasteiger partial charge in [0.1, 0.15) is 17.6 Å². The number of amides is 3. The maximum absolute atomic E-state index is 13.5. The summed E-state index contributed by atoms with van der Waals surface area (Å²) in [4.78, 5) is 52.7. The van der Waals surface area contributed by atoms with E-state index in [4.69, 9.17) is 4.74 Å². The van der Waals surface area contributed by atoms with Crippen LogP contribution in [0.25, 0.3) is 0 Å². The van der Waals surface area contributed by atoms with E-state index < -0.39 is 34.5 Å². The summed E-state index contributed by atoms with van der Waals surface area (Å²) in [6, 6.07) is 15.8. The predicted octanol–water partition coefficient (Wildman–Crippen LogP) is 4.11. The molecule has 9 nitrogen and oxygen atoms in total. The third-order valence-corrected chi connectivity index (χ3v) is 5.74. The molecule has 0 saturated carbocycles. The molecule has 184 valence electrons. The summed E-state index contributed by atoms with van der Waals surface area (Å²) in [7, 11) is 0. The molecule has 0 spiro atoms. The van der Waals surface area contributed by atoms with E-state index >= 15 is 0 Å². The Bertz CT molecular complexity index is 1310. The Balaban J connectivity index is 1.68. The van der Waals surface area contributed by atoms with Gasteiger partial charge in [0.2, 0.25) is 5.91 Å². The van der Waals surface area contributed by atoms with Crippen LogP contribution >= 0.6 is 0 Å². The van der Waals surface area contributed by atoms with Gasteiger partial charge in [0.05, 0.1) is 23.6 Å². The van der Waals surface area contributed by atoms with Crippen LogP contribution in [0.1, 0.15) is 29.3 Å². The molecule has 1 aliphatic heterocycles. The molecule has 10 heteroatoms. The molecule has 0 N–H and O–H groups in total. The Morgan fingerprint density at radius 2 is 1.81 bits per heavy atom. The Hall–Kier alpha value is -4.60. The predicted molar refractivity (Wildman–Crippen MR) is 128 cm³/mol. The molecule has 4 rings (SSSR count). The second-order valence-electron chi connectivity index (χ2n) is 8.08. The summed E-state index contributed by atoms with van der Waals surface area (Å²) < 4.78 is 18.8. The monoisotopic (exact) mass is 491 g/mol. The number of rotatable bonds is 8. The van der Waals surface area contributed by atoms with Gasteiger partial charge in [-0.25, -0.2) is 9.29 Å². The lowest BCUT2D eigenvalue weighted by molar-refractivity contribution is -0.384. The fourth-order valence-electron chi connectivity index (χ4n) is 4.02. The van der Waals surface area contributed by atoms with Gasteiger partial charge >= 0.3 is 0 Å². The Kier molecular flexibility index (Phi) is 7.05. The number of nitrogens with zero attached hydrogens (tertiary/aromatic N) is 3. The van der Waals surface area contributed by atoms with Gasteiger partial charge in [-0.1, -0.05) is 18.2 Å². The number of nitro benzene ring substituents is 1. The number of imide groups is 1. The highest BCUT2D eigenvalue weighted by atomic mass is 19.1. The maximum Gasteiger partial charge on any atom is 0.270 e. The smallest absolute Gasteiger partial charge is 0.270 e. The second kappa shape index (κ2) is 10.3. The molecule has 36 heavy (non-hydrogen) atoms. The lowest BCUT2D eigenvalue weighted by atomic mass is 10.1. The first kappa shape index (κ1) is 24.5. The Labute approximate surface area is 205 Å². The minimum atomic E-state index is -1.15. The number of hydrogen-bond acceptors (Lipinski definition) is 6. The van der Waals surface area contributed by atoms with Gasteiger partial charge in [-0.3, -0.25) is 24.5 Å². The first-order valence-electron chi connectivity index (χ1n) is 11.2. The summed E-state index contributed by atoms with van der Waals surface area (Å²) in [5, 5.41) is 11.2. The van der Waals surface area contributed by atoms with E-state index in [1.54, 1.807) is 24.3 Å². The molecule has 1 fully saturated rings. The van der Waals surface area contributed by atoms with Gasteiger partial charge in [-0.2, -0.15) is 0 Å². The van der Waals surface area contributed by atoms with Crippen molar-refractivity contribution in [2.45, 2.75) is 25.9 Å². The number of carbonyl (C=O) groups is 3. The number of non-ortho nitro benzene ring substituents is 1. The minimum Gasteiger partial charge on any atom is -0.494 e. The van der Waals surface area contributed by atoms with Crippen LogP contribution in [-0.2, 0) is 16.1 Å². The van der Waals surface area contributed by atoms with E-state index in [1.807, 2.05) is 6.92 Å². The average molecular weight is 491 g/mol. The van der Waals surface area contributed by atoms with Crippen LogP contribution in [0.15, 0.2) is 72.8 Å². The van der Waals surface area contributed by atoms with Crippen molar-refractivity contribution in [3.8, 4) is 5.75 Å². The van der Waals surface area contributed by atoms with Gasteiger partial charge in [-0.15, -0.1) is 0 Å². The summed E-state index contributed by atoms with van der Waals surface area (Å²) in [6.45, 7) is 2.18. The van der Waals surface area contributed by atoms with Gasteiger partial charge in [-0.05, 0) is 55.0 Å². The molecule has 0 bridgehead atoms. The summed E-state index contributed by atoms with van der Waals surface area (Å²) in [5.41, 5.74) is 0.564. The fraction of sp³-hybridized carbons (Fsp3) is 0.192. The average Bonchev–Trinajstić information content (AvgIpc) is 3.17. The van der Waals surface area contributed by atoms with Gasteiger partial charge < -0.3 is 9.64 Å². The number of benzene rings is 3. The second-order valence-corrected chi connectivity index (χ2v) is 8.08. The number of ether oxygens (including phenoxy) is 1. The van der Waals surface area contributed by atoms with Gasteiger partial charge in [0, 0.05) is 24.2 Å². The van der Waals surface area contributed by atoms with Gasteiger partial charge in [0.25, 0.3) is 17.5 Å². The van der Waals surface area contributed by atoms with Crippen LogP contribution in [0.3, 0.4) is 0 Å². The van der Waals surface area contributed by atoms with E-state index in [2.05, 4.69) is 0 Å². The lowest BCUT2D eigenvalue weighted by Crippen LogP contribution is -2.45. The van der Waals surface area contributed by atoms with Crippen molar-refractivity contribution >= 4 is 29.1 Å². The van der Waals surface area contributed by atoms with Crippen molar-refractivity contribution < 1.29 is 28.4 Å². The molecule has 1 aliphatic rings. The fourth-order valence-corrected chi connectivity index (χ4v) is 4.02. The number of anilines is 1. The Morgan fingerprint density at radius 1 is 1.11 bits per heavy atom. The molecular formula is C26H22FN3O6. The quantitative estimate of drug-likeness (QED) is 0.267. The molecule has 1 heterocycles. The zero-order chi connectivity index (χ0) is 25.8. The molecule has 1 unspecified atom stereocenters. The highest BCUT2D eigenvalue weighted by Crippen LogP contribution is 2.29. The van der Waals surface area contributed by atoms with Crippen LogP contribution < -0.4 is 9.64 Å². The molecule has 0 aromatic heterocycles. The number of nitro groups is 1. The Morgan fingerprint density at radius 3 is 2.44 bits per heavy atom. The van der Waals surface area contributed by atoms with E-state index in [0.29, 0.717) is 23.6 Å². The lowest BCUT2D eigenvalue weighted by Gasteiger charge is -2.28. The molecule has 1 atom stereocenters. The summed E-state index contributed by atoms with van der Waals surface area (Å²) in [5.74, 6) is -1.65. The molecule has 3 aromatic rings. The van der Waals surface area contributed by atoms with Crippen molar-refractivity contribution in [3.05, 3.63) is 99.9 Å². The molecule has 3 amide bonds. The number of hydrogen-bond donors (Lipinski definition) is 0. The molecule has 0 radical (unpaired) electrons. The van der Waals surface area contributed by atoms with E-state index in [9.17, 15) is 28.9 Å². The van der Waals surface area contributed by atoms with Crippen LogP contribution in [0.4, 0.5) is 15.8 Å². The van der Waals surface area contributed by atoms with Crippen LogP contribution in [0.5, 0.6) is 5.75 Å². The largest absolute Gasteiger partial charge is 0.494 e. The van der Waals surface area contributed by atoms with Gasteiger partial charge in [0.15, 0.2) is 0 Å². The van der Waals surface area contributed by atoms with Crippen molar-refractivity contribution in [2.75, 3.05) is 11.5 Å². The van der Waals surface area contributed by atoms with Crippen LogP contribution in [-0.4, -0.2) is 40.2 Å². The molecule has 3 aromatic carbocycles. The molecular weight excluding hydrogens is 469 g/mol. The SMILES string of the molecule is CCOc1ccc(N2C(=O)CC(N(Cc3ccc(F)cc3)C(=O)c3cccc([N+](=O)[O-])c3)C2=O)cc1. The van der Waals surface area contributed by atoms with Crippen molar-refractivity contribution in [1.29, 1.82) is 0 Å². The van der Waals surface area contributed by atoms with E-state index in [1.165, 1.54) is 47.4 Å². The highest BCUT2D eigenvalue weighted by molar-refractivity contribution is 6.23. The molecule has 1 saturated heterocycles. The highest BCUT2D eigenvalue weighted by Gasteiger charge is 2.44. The summed E-state index contributed by atoms with van der Waals surface area (Å²) in [6.07, 6.45) is -0.270. The normalized spacial score (nSPS) is 15.2. The topological polar surface area (TPSA) is 110 Å².